The van der Waals surface area contributed by atoms with Crippen molar-refractivity contribution in [2.75, 3.05) is 26.7 Å². The number of aliphatic imine (C=N–C) groups is 1. The van der Waals surface area contributed by atoms with E-state index in [4.69, 9.17) is 14.7 Å². The lowest BCUT2D eigenvalue weighted by Crippen LogP contribution is -2.31. The highest BCUT2D eigenvalue weighted by molar-refractivity contribution is 8.18. The maximum atomic E-state index is 13.2. The first-order valence-electron chi connectivity index (χ1n) is 10.2. The first kappa shape index (κ1) is 25.1. The smallest absolute Gasteiger partial charge is 0.417 e. The van der Waals surface area contributed by atoms with Gasteiger partial charge in [0.2, 0.25) is 0 Å². The molecule has 7 nitrogen and oxygen atoms in total. The van der Waals surface area contributed by atoms with Crippen LogP contribution in [0.4, 0.5) is 18.0 Å². The van der Waals surface area contributed by atoms with Gasteiger partial charge in [0.25, 0.3) is 0 Å². The van der Waals surface area contributed by atoms with Crippen LogP contribution in [0.25, 0.3) is 6.08 Å². The van der Waals surface area contributed by atoms with Gasteiger partial charge in [-0.25, -0.2) is 0 Å². The number of amides is 1. The van der Waals surface area contributed by atoms with Gasteiger partial charge in [0.15, 0.2) is 11.5 Å². The van der Waals surface area contributed by atoms with E-state index in [-0.39, 0.29) is 22.5 Å². The van der Waals surface area contributed by atoms with E-state index in [1.807, 2.05) is 6.92 Å². The molecule has 1 aliphatic rings. The van der Waals surface area contributed by atoms with E-state index >= 15 is 0 Å². The van der Waals surface area contributed by atoms with Crippen molar-refractivity contribution in [2.45, 2.75) is 13.1 Å². The van der Waals surface area contributed by atoms with E-state index in [0.717, 1.165) is 30.4 Å². The number of likely N-dealkylation sites (N-methyl/N-ethyl adjacent to an activating group) is 1. The van der Waals surface area contributed by atoms with Crippen LogP contribution in [0.1, 0.15) is 23.6 Å². The van der Waals surface area contributed by atoms with Crippen LogP contribution in [-0.4, -0.2) is 37.8 Å². The number of ether oxygens (including phenoxy) is 2. The fourth-order valence-electron chi connectivity index (χ4n) is 3.04. The highest BCUT2D eigenvalue weighted by atomic mass is 32.2. The van der Waals surface area contributed by atoms with Crippen LogP contribution in [0.5, 0.6) is 17.2 Å². The summed E-state index contributed by atoms with van der Waals surface area (Å²) in [6.45, 7) is 4.14. The van der Waals surface area contributed by atoms with Crippen LogP contribution >= 0.6 is 11.8 Å². The number of methoxy groups -OCH3 is 1. The Morgan fingerprint density at radius 1 is 1.18 bits per heavy atom. The SMILES string of the molecule is CCNCCNC1=NC(=O)S/C1=C\c1ccc(Oc2ccc(C#N)c(C(F)(F)F)c2)c(OC)c1. The Hall–Kier alpha value is -3.49. The Morgan fingerprint density at radius 3 is 2.65 bits per heavy atom. The molecule has 0 saturated heterocycles. The van der Waals surface area contributed by atoms with Crippen LogP contribution in [-0.2, 0) is 6.18 Å². The number of nitrogens with zero attached hydrogens (tertiary/aromatic N) is 2. The minimum absolute atomic E-state index is 0.0908. The Kier molecular flexibility index (Phi) is 8.20. The summed E-state index contributed by atoms with van der Waals surface area (Å²) >= 11 is 0.991. The number of carbonyl (C=O) groups is 1. The summed E-state index contributed by atoms with van der Waals surface area (Å²) < 4.78 is 50.7. The lowest BCUT2D eigenvalue weighted by molar-refractivity contribution is -0.137. The molecule has 0 spiro atoms. The standard InChI is InChI=1S/C23H21F3N4O3S/c1-3-28-8-9-29-21-20(34-22(31)30-21)11-14-4-7-18(19(10-14)32-2)33-16-6-5-15(13-27)17(12-16)23(24,25)26/h4-7,10-12,28H,3,8-9H2,1-2H3,(H,29,30,31)/b20-11-. The molecule has 0 radical (unpaired) electrons. The minimum Gasteiger partial charge on any atom is -0.493 e. The first-order chi connectivity index (χ1) is 16.2. The Bertz CT molecular complexity index is 1170. The van der Waals surface area contributed by atoms with Crippen molar-refractivity contribution >= 4 is 28.9 Å². The fraction of sp³-hybridized carbons (Fsp3) is 0.261. The Balaban J connectivity index is 1.82. The second kappa shape index (κ2) is 11.1. The van der Waals surface area contributed by atoms with Crippen molar-refractivity contribution < 1.29 is 27.4 Å². The van der Waals surface area contributed by atoms with Crippen molar-refractivity contribution in [3.63, 3.8) is 0 Å². The van der Waals surface area contributed by atoms with Gasteiger partial charge in [-0.2, -0.15) is 23.4 Å². The maximum Gasteiger partial charge on any atom is 0.417 e. The van der Waals surface area contributed by atoms with Gasteiger partial charge in [-0.15, -0.1) is 0 Å². The summed E-state index contributed by atoms with van der Waals surface area (Å²) in [5, 5.41) is 14.9. The van der Waals surface area contributed by atoms with E-state index in [9.17, 15) is 18.0 Å². The van der Waals surface area contributed by atoms with Crippen LogP contribution < -0.4 is 20.1 Å². The van der Waals surface area contributed by atoms with Crippen molar-refractivity contribution in [1.29, 1.82) is 5.26 Å². The number of nitriles is 1. The maximum absolute atomic E-state index is 13.2. The lowest BCUT2D eigenvalue weighted by Gasteiger charge is -2.14. The van der Waals surface area contributed by atoms with Crippen LogP contribution in [0, 0.1) is 11.3 Å². The predicted octanol–water partition coefficient (Wildman–Crippen LogP) is 5.18. The van der Waals surface area contributed by atoms with Crippen molar-refractivity contribution in [2.24, 2.45) is 4.99 Å². The molecule has 178 valence electrons. The number of hydrogen-bond acceptors (Lipinski definition) is 7. The number of amidine groups is 1. The average Bonchev–Trinajstić information content (AvgIpc) is 3.15. The van der Waals surface area contributed by atoms with Gasteiger partial charge < -0.3 is 20.1 Å². The third kappa shape index (κ3) is 6.30. The predicted molar refractivity (Wildman–Crippen MR) is 124 cm³/mol. The molecule has 1 amide bonds. The number of benzene rings is 2. The second-order valence-electron chi connectivity index (χ2n) is 6.95. The van der Waals surface area contributed by atoms with Gasteiger partial charge in [-0.05, 0) is 60.3 Å². The molecule has 0 aliphatic carbocycles. The molecule has 11 heteroatoms. The molecular formula is C23H21F3N4O3S. The van der Waals surface area contributed by atoms with E-state index in [1.54, 1.807) is 24.3 Å². The summed E-state index contributed by atoms with van der Waals surface area (Å²) in [5.74, 6) is 0.854. The number of rotatable bonds is 8. The number of halogens is 3. The van der Waals surface area contributed by atoms with E-state index in [2.05, 4.69) is 15.6 Å². The van der Waals surface area contributed by atoms with Crippen molar-refractivity contribution in [3.05, 3.63) is 58.0 Å². The summed E-state index contributed by atoms with van der Waals surface area (Å²) in [4.78, 5) is 16.4. The second-order valence-corrected chi connectivity index (χ2v) is 7.94. The molecule has 1 heterocycles. The quantitative estimate of drug-likeness (QED) is 0.492. The molecule has 0 aromatic heterocycles. The molecule has 34 heavy (non-hydrogen) atoms. The fourth-order valence-corrected chi connectivity index (χ4v) is 3.77. The highest BCUT2D eigenvalue weighted by Crippen LogP contribution is 2.38. The largest absolute Gasteiger partial charge is 0.493 e. The molecule has 2 N–H and O–H groups in total. The zero-order valence-corrected chi connectivity index (χ0v) is 19.1. The monoisotopic (exact) mass is 490 g/mol. The van der Waals surface area contributed by atoms with Crippen molar-refractivity contribution in [3.8, 4) is 23.3 Å². The zero-order chi connectivity index (χ0) is 24.7. The molecule has 0 bridgehead atoms. The molecule has 0 saturated carbocycles. The molecule has 3 rings (SSSR count). The molecule has 2 aromatic rings. The average molecular weight is 491 g/mol. The highest BCUT2D eigenvalue weighted by Gasteiger charge is 2.34. The van der Waals surface area contributed by atoms with E-state index in [0.29, 0.717) is 29.4 Å². The lowest BCUT2D eigenvalue weighted by atomic mass is 10.1. The topological polar surface area (TPSA) is 95.7 Å². The van der Waals surface area contributed by atoms with Gasteiger partial charge in [0.1, 0.15) is 11.6 Å². The molecule has 0 atom stereocenters. The number of nitrogens with one attached hydrogen (secondary N) is 2. The van der Waals surface area contributed by atoms with E-state index < -0.39 is 17.3 Å². The van der Waals surface area contributed by atoms with Crippen molar-refractivity contribution in [1.82, 2.24) is 10.6 Å². The normalized spacial score (nSPS) is 14.6. The van der Waals surface area contributed by atoms with Gasteiger partial charge in [-0.1, -0.05) is 13.0 Å². The molecule has 2 aromatic carbocycles. The number of alkyl halides is 3. The summed E-state index contributed by atoms with van der Waals surface area (Å²) in [6, 6.07) is 9.51. The van der Waals surface area contributed by atoms with Gasteiger partial charge in [0.05, 0.1) is 29.2 Å². The molecule has 0 unspecified atom stereocenters. The third-order valence-corrected chi connectivity index (χ3v) is 5.41. The molecular weight excluding hydrogens is 469 g/mol. The first-order valence-corrected chi connectivity index (χ1v) is 11.0. The van der Waals surface area contributed by atoms with Gasteiger partial charge >= 0.3 is 11.4 Å². The molecule has 0 fully saturated rings. The Labute approximate surface area is 198 Å². The number of hydrogen-bond donors (Lipinski definition) is 2. The number of thioether (sulfide) groups is 1. The summed E-state index contributed by atoms with van der Waals surface area (Å²) in [6.07, 6.45) is -2.94. The van der Waals surface area contributed by atoms with Crippen LogP contribution in [0.3, 0.4) is 0 Å². The van der Waals surface area contributed by atoms with Crippen LogP contribution in [0.15, 0.2) is 46.3 Å². The van der Waals surface area contributed by atoms with Gasteiger partial charge in [0, 0.05) is 13.1 Å². The molecule has 1 aliphatic heterocycles. The zero-order valence-electron chi connectivity index (χ0n) is 18.3. The third-order valence-electron chi connectivity index (χ3n) is 4.61. The minimum atomic E-state index is -4.69. The Morgan fingerprint density at radius 2 is 1.97 bits per heavy atom. The van der Waals surface area contributed by atoms with Crippen LogP contribution in [0.2, 0.25) is 0 Å². The summed E-state index contributed by atoms with van der Waals surface area (Å²) in [5.41, 5.74) is -0.892. The number of carbonyl (C=O) groups excluding carboxylic acids is 1. The van der Waals surface area contributed by atoms with E-state index in [1.165, 1.54) is 19.2 Å². The van der Waals surface area contributed by atoms with Gasteiger partial charge in [-0.3, -0.25) is 4.79 Å². The summed E-state index contributed by atoms with van der Waals surface area (Å²) in [7, 11) is 1.40.